The third-order valence-corrected chi connectivity index (χ3v) is 4.33. The van der Waals surface area contributed by atoms with Crippen LogP contribution in [0.2, 0.25) is 10.0 Å². The first kappa shape index (κ1) is 14.7. The first-order chi connectivity index (χ1) is 9.17. The zero-order chi connectivity index (χ0) is 13.8. The van der Waals surface area contributed by atoms with Crippen LogP contribution in [0.25, 0.3) is 0 Å². The molecule has 0 amide bonds. The molecule has 3 nitrogen and oxygen atoms in total. The Morgan fingerprint density at radius 2 is 2.11 bits per heavy atom. The highest BCUT2D eigenvalue weighted by Gasteiger charge is 2.23. The molecule has 1 atom stereocenters. The number of aromatic nitrogens is 1. The monoisotopic (exact) mass is 301 g/mol. The topological polar surface area (TPSA) is 28.2 Å². The highest BCUT2D eigenvalue weighted by atomic mass is 35.5. The highest BCUT2D eigenvalue weighted by Crippen LogP contribution is 2.34. The van der Waals surface area contributed by atoms with Crippen LogP contribution in [0.15, 0.2) is 6.07 Å². The number of anilines is 2. The molecule has 106 valence electrons. The van der Waals surface area contributed by atoms with Crippen molar-refractivity contribution in [3.63, 3.8) is 0 Å². The van der Waals surface area contributed by atoms with Gasteiger partial charge in [-0.2, -0.15) is 0 Å². The predicted molar refractivity (Wildman–Crippen MR) is 83.7 cm³/mol. The summed E-state index contributed by atoms with van der Waals surface area (Å²) in [6.07, 6.45) is 6.11. The van der Waals surface area contributed by atoms with Crippen LogP contribution in [-0.4, -0.2) is 24.6 Å². The van der Waals surface area contributed by atoms with Crippen molar-refractivity contribution >= 4 is 34.8 Å². The van der Waals surface area contributed by atoms with Gasteiger partial charge in [0.15, 0.2) is 0 Å². The second-order valence-electron chi connectivity index (χ2n) is 4.98. The molecule has 1 aromatic rings. The lowest BCUT2D eigenvalue weighted by molar-refractivity contribution is 0.552. The molecule has 1 saturated heterocycles. The van der Waals surface area contributed by atoms with Crippen LogP contribution in [0.3, 0.4) is 0 Å². The number of rotatable bonds is 3. The fraction of sp³-hybridized carbons (Fsp3) is 0.643. The van der Waals surface area contributed by atoms with Crippen molar-refractivity contribution < 1.29 is 0 Å². The van der Waals surface area contributed by atoms with E-state index in [0.29, 0.717) is 21.9 Å². The average molecular weight is 302 g/mol. The molecule has 0 bridgehead atoms. The Balaban J connectivity index is 2.37. The number of nitrogens with one attached hydrogen (secondary N) is 1. The lowest BCUT2D eigenvalue weighted by Crippen LogP contribution is -2.35. The summed E-state index contributed by atoms with van der Waals surface area (Å²) in [6.45, 7) is 3.25. The van der Waals surface area contributed by atoms with Crippen molar-refractivity contribution in [3.05, 3.63) is 16.1 Å². The van der Waals surface area contributed by atoms with Gasteiger partial charge in [-0.25, -0.2) is 4.98 Å². The van der Waals surface area contributed by atoms with Gasteiger partial charge in [-0.1, -0.05) is 43.0 Å². The minimum atomic E-state index is 0.526. The zero-order valence-electron chi connectivity index (χ0n) is 11.5. The second kappa shape index (κ2) is 6.67. The van der Waals surface area contributed by atoms with E-state index < -0.39 is 0 Å². The normalized spacial score (nSPS) is 20.2. The molecule has 1 aromatic heterocycles. The van der Waals surface area contributed by atoms with Crippen LogP contribution in [0.1, 0.15) is 39.0 Å². The van der Waals surface area contributed by atoms with Crippen LogP contribution < -0.4 is 10.2 Å². The first-order valence-corrected chi connectivity index (χ1v) is 7.73. The van der Waals surface area contributed by atoms with E-state index in [1.807, 2.05) is 7.05 Å². The number of halogens is 2. The summed E-state index contributed by atoms with van der Waals surface area (Å²) in [4.78, 5) is 6.96. The third kappa shape index (κ3) is 3.26. The standard InChI is InChI=1S/C14H21Cl2N3/c1-3-10-7-5-4-6-8-19(10)14-12(16)9-11(15)13(17-2)18-14/h9-10H,3-8H2,1-2H3,(H,17,18). The average Bonchev–Trinajstić information content (AvgIpc) is 2.64. The fourth-order valence-electron chi connectivity index (χ4n) is 2.71. The summed E-state index contributed by atoms with van der Waals surface area (Å²) >= 11 is 12.5. The Morgan fingerprint density at radius 3 is 2.79 bits per heavy atom. The van der Waals surface area contributed by atoms with E-state index >= 15 is 0 Å². The molecule has 5 heteroatoms. The van der Waals surface area contributed by atoms with Gasteiger partial charge in [-0.15, -0.1) is 0 Å². The number of hydrogen-bond donors (Lipinski definition) is 1. The summed E-state index contributed by atoms with van der Waals surface area (Å²) in [5, 5.41) is 4.23. The van der Waals surface area contributed by atoms with Crippen LogP contribution >= 0.6 is 23.2 Å². The van der Waals surface area contributed by atoms with Gasteiger partial charge in [0.05, 0.1) is 10.0 Å². The van der Waals surface area contributed by atoms with Gasteiger partial charge in [0.2, 0.25) is 0 Å². The maximum atomic E-state index is 6.35. The molecule has 0 saturated carbocycles. The molecule has 2 rings (SSSR count). The predicted octanol–water partition coefficient (Wildman–Crippen LogP) is 4.59. The van der Waals surface area contributed by atoms with Crippen molar-refractivity contribution in [2.24, 2.45) is 0 Å². The van der Waals surface area contributed by atoms with Gasteiger partial charge in [-0.05, 0) is 25.3 Å². The van der Waals surface area contributed by atoms with Crippen molar-refractivity contribution in [3.8, 4) is 0 Å². The summed E-state index contributed by atoms with van der Waals surface area (Å²) < 4.78 is 0. The summed E-state index contributed by atoms with van der Waals surface area (Å²) in [5.41, 5.74) is 0. The second-order valence-corrected chi connectivity index (χ2v) is 5.79. The molecule has 1 aliphatic heterocycles. The minimum Gasteiger partial charge on any atom is -0.372 e. The number of nitrogens with zero attached hydrogens (tertiary/aromatic N) is 2. The van der Waals surface area contributed by atoms with Crippen molar-refractivity contribution in [1.82, 2.24) is 4.98 Å². The molecule has 0 radical (unpaired) electrons. The van der Waals surface area contributed by atoms with E-state index in [9.17, 15) is 0 Å². The van der Waals surface area contributed by atoms with E-state index in [-0.39, 0.29) is 0 Å². The van der Waals surface area contributed by atoms with Gasteiger partial charge in [0.25, 0.3) is 0 Å². The van der Waals surface area contributed by atoms with Gasteiger partial charge >= 0.3 is 0 Å². The molecule has 2 heterocycles. The first-order valence-electron chi connectivity index (χ1n) is 6.97. The Labute approximate surface area is 125 Å². The summed E-state index contributed by atoms with van der Waals surface area (Å²) in [5.74, 6) is 1.56. The van der Waals surface area contributed by atoms with Gasteiger partial charge in [0.1, 0.15) is 11.6 Å². The van der Waals surface area contributed by atoms with Gasteiger partial charge in [-0.3, -0.25) is 0 Å². The molecule has 1 unspecified atom stereocenters. The zero-order valence-corrected chi connectivity index (χ0v) is 13.1. The quantitative estimate of drug-likeness (QED) is 0.885. The molecule has 0 aromatic carbocycles. The minimum absolute atomic E-state index is 0.526. The lowest BCUT2D eigenvalue weighted by atomic mass is 10.1. The van der Waals surface area contributed by atoms with Crippen LogP contribution in [0.4, 0.5) is 11.6 Å². The van der Waals surface area contributed by atoms with Gasteiger partial charge < -0.3 is 10.2 Å². The van der Waals surface area contributed by atoms with E-state index in [0.717, 1.165) is 18.8 Å². The maximum Gasteiger partial charge on any atom is 0.150 e. The maximum absolute atomic E-state index is 6.35. The van der Waals surface area contributed by atoms with Crippen molar-refractivity contribution in [1.29, 1.82) is 0 Å². The molecule has 1 fully saturated rings. The summed E-state index contributed by atoms with van der Waals surface area (Å²) in [6, 6.07) is 2.31. The molecule has 1 N–H and O–H groups in total. The summed E-state index contributed by atoms with van der Waals surface area (Å²) in [7, 11) is 1.83. The van der Waals surface area contributed by atoms with E-state index in [4.69, 9.17) is 23.2 Å². The SMILES string of the molecule is CCC1CCCCCN1c1nc(NC)c(Cl)cc1Cl. The molecule has 19 heavy (non-hydrogen) atoms. The Kier molecular flexibility index (Phi) is 5.17. The Bertz CT molecular complexity index is 437. The van der Waals surface area contributed by atoms with E-state index in [1.54, 1.807) is 6.07 Å². The van der Waals surface area contributed by atoms with Crippen molar-refractivity contribution in [2.75, 3.05) is 23.8 Å². The molecular formula is C14H21Cl2N3. The van der Waals surface area contributed by atoms with E-state index in [2.05, 4.69) is 22.1 Å². The Hall–Kier alpha value is -0.670. The lowest BCUT2D eigenvalue weighted by Gasteiger charge is -2.31. The highest BCUT2D eigenvalue weighted by molar-refractivity contribution is 6.37. The Morgan fingerprint density at radius 1 is 1.32 bits per heavy atom. The van der Waals surface area contributed by atoms with Crippen molar-refractivity contribution in [2.45, 2.75) is 45.1 Å². The largest absolute Gasteiger partial charge is 0.372 e. The number of pyridine rings is 1. The number of hydrogen-bond acceptors (Lipinski definition) is 3. The molecule has 0 aliphatic carbocycles. The van der Waals surface area contributed by atoms with E-state index in [1.165, 1.54) is 25.7 Å². The fourth-order valence-corrected chi connectivity index (χ4v) is 3.28. The van der Waals surface area contributed by atoms with Crippen LogP contribution in [0.5, 0.6) is 0 Å². The third-order valence-electron chi connectivity index (χ3n) is 3.77. The van der Waals surface area contributed by atoms with Crippen LogP contribution in [0, 0.1) is 0 Å². The molecular weight excluding hydrogens is 281 g/mol. The molecule has 0 spiro atoms. The molecule has 1 aliphatic rings. The smallest absolute Gasteiger partial charge is 0.150 e. The van der Waals surface area contributed by atoms with Gasteiger partial charge in [0, 0.05) is 19.6 Å². The van der Waals surface area contributed by atoms with Crippen LogP contribution in [-0.2, 0) is 0 Å².